The van der Waals surface area contributed by atoms with Crippen LogP contribution in [0, 0.1) is 4.77 Å². The van der Waals surface area contributed by atoms with Gasteiger partial charge in [-0.1, -0.05) is 12.1 Å². The van der Waals surface area contributed by atoms with E-state index < -0.39 is 0 Å². The molecule has 1 aromatic heterocycles. The highest BCUT2D eigenvalue weighted by atomic mass is 32.1. The number of nitrogens with one attached hydrogen (secondary N) is 2. The molecule has 0 unspecified atom stereocenters. The lowest BCUT2D eigenvalue weighted by molar-refractivity contribution is 0.0951. The Bertz CT molecular complexity index is 1090. The summed E-state index contributed by atoms with van der Waals surface area (Å²) in [6.07, 6.45) is 0. The summed E-state index contributed by atoms with van der Waals surface area (Å²) in [6.45, 7) is 2.89. The molecule has 0 bridgehead atoms. The van der Waals surface area contributed by atoms with Gasteiger partial charge in [0.2, 0.25) is 0 Å². The first-order valence-electron chi connectivity index (χ1n) is 8.22. The van der Waals surface area contributed by atoms with Gasteiger partial charge in [-0.05, 0) is 55.0 Å². The molecule has 0 atom stereocenters. The molecule has 0 aliphatic carbocycles. The van der Waals surface area contributed by atoms with E-state index >= 15 is 0 Å². The van der Waals surface area contributed by atoms with Crippen LogP contribution in [0.5, 0.6) is 5.75 Å². The van der Waals surface area contributed by atoms with E-state index in [-0.39, 0.29) is 11.5 Å². The molecule has 0 aliphatic rings. The molecule has 0 saturated carbocycles. The summed E-state index contributed by atoms with van der Waals surface area (Å²) in [4.78, 5) is 27.6. The summed E-state index contributed by atoms with van der Waals surface area (Å²) in [7, 11) is 1.61. The highest BCUT2D eigenvalue weighted by Gasteiger charge is 2.09. The summed E-state index contributed by atoms with van der Waals surface area (Å²) in [5.41, 5.74) is 1.75. The minimum absolute atomic E-state index is 0.191. The molecule has 26 heavy (non-hydrogen) atoms. The Kier molecular flexibility index (Phi) is 5.18. The summed E-state index contributed by atoms with van der Waals surface area (Å²) in [5.74, 6) is 0.544. The Balaban J connectivity index is 1.80. The third kappa shape index (κ3) is 3.67. The quantitative estimate of drug-likeness (QED) is 0.678. The fraction of sp³-hybridized carbons (Fsp3) is 0.211. The average molecular weight is 369 g/mol. The number of hydrogen-bond donors (Lipinski definition) is 2. The van der Waals surface area contributed by atoms with Crippen LogP contribution in [0.2, 0.25) is 0 Å². The molecule has 2 N–H and O–H groups in total. The molecule has 0 spiro atoms. The topological polar surface area (TPSA) is 76.1 Å². The van der Waals surface area contributed by atoms with Crippen molar-refractivity contribution >= 4 is 29.0 Å². The number of benzene rings is 2. The maximum Gasteiger partial charge on any atom is 0.261 e. The molecule has 1 heterocycles. The van der Waals surface area contributed by atoms with E-state index in [1.54, 1.807) is 25.2 Å². The van der Waals surface area contributed by atoms with E-state index in [4.69, 9.17) is 17.0 Å². The number of aromatic amines is 1. The maximum atomic E-state index is 12.4. The van der Waals surface area contributed by atoms with Gasteiger partial charge in [0.15, 0.2) is 4.77 Å². The molecule has 3 rings (SSSR count). The number of fused-ring (bicyclic) bond motifs is 1. The molecule has 6 nitrogen and oxygen atoms in total. The van der Waals surface area contributed by atoms with E-state index in [2.05, 4.69) is 10.3 Å². The minimum Gasteiger partial charge on any atom is -0.494 e. The van der Waals surface area contributed by atoms with Gasteiger partial charge in [-0.3, -0.25) is 14.2 Å². The normalized spacial score (nSPS) is 10.7. The van der Waals surface area contributed by atoms with Crippen molar-refractivity contribution < 1.29 is 9.53 Å². The molecular formula is C19H19N3O3S. The van der Waals surface area contributed by atoms with Gasteiger partial charge in [0, 0.05) is 19.2 Å². The molecular weight excluding hydrogens is 350 g/mol. The Labute approximate surface area is 155 Å². The number of rotatable bonds is 5. The molecule has 0 fully saturated rings. The van der Waals surface area contributed by atoms with Crippen LogP contribution in [0.15, 0.2) is 47.3 Å². The van der Waals surface area contributed by atoms with Crippen LogP contribution in [0.4, 0.5) is 0 Å². The van der Waals surface area contributed by atoms with Gasteiger partial charge in [-0.15, -0.1) is 0 Å². The van der Waals surface area contributed by atoms with Gasteiger partial charge in [-0.2, -0.15) is 0 Å². The highest BCUT2D eigenvalue weighted by Crippen LogP contribution is 2.14. The van der Waals surface area contributed by atoms with E-state index in [1.807, 2.05) is 31.2 Å². The van der Waals surface area contributed by atoms with Gasteiger partial charge in [0.25, 0.3) is 11.5 Å². The van der Waals surface area contributed by atoms with E-state index in [0.717, 1.165) is 11.3 Å². The predicted molar refractivity (Wildman–Crippen MR) is 103 cm³/mol. The van der Waals surface area contributed by atoms with Gasteiger partial charge < -0.3 is 15.0 Å². The largest absolute Gasteiger partial charge is 0.494 e. The Morgan fingerprint density at radius 2 is 2.08 bits per heavy atom. The number of H-pyrrole nitrogens is 1. The van der Waals surface area contributed by atoms with Crippen LogP contribution in [0.3, 0.4) is 0 Å². The monoisotopic (exact) mass is 369 g/mol. The van der Waals surface area contributed by atoms with E-state index in [0.29, 0.717) is 34.4 Å². The van der Waals surface area contributed by atoms with Crippen LogP contribution >= 0.6 is 12.2 Å². The standard InChI is InChI=1S/C19H19N3O3S/c1-3-25-14-6-4-5-12(9-14)11-20-17(23)13-7-8-15-16(10-13)21-19(26)22(2)18(15)24/h4-10H,3,11H2,1-2H3,(H,20,23)(H,21,26). The van der Waals surface area contributed by atoms with Crippen molar-refractivity contribution in [2.24, 2.45) is 7.05 Å². The first-order valence-corrected chi connectivity index (χ1v) is 8.63. The van der Waals surface area contributed by atoms with E-state index in [9.17, 15) is 9.59 Å². The van der Waals surface area contributed by atoms with Crippen molar-refractivity contribution in [3.8, 4) is 5.75 Å². The molecule has 3 aromatic rings. The molecule has 0 saturated heterocycles. The fourth-order valence-corrected chi connectivity index (χ4v) is 2.84. The SMILES string of the molecule is CCOc1cccc(CNC(=O)c2ccc3c(=O)n(C)c(=S)[nH]c3c2)c1. The lowest BCUT2D eigenvalue weighted by Crippen LogP contribution is -2.23. The van der Waals surface area contributed by atoms with Crippen LogP contribution < -0.4 is 15.6 Å². The van der Waals surface area contributed by atoms with Crippen LogP contribution in [0.25, 0.3) is 10.9 Å². The van der Waals surface area contributed by atoms with Crippen LogP contribution in [-0.2, 0) is 13.6 Å². The zero-order chi connectivity index (χ0) is 18.7. The number of ether oxygens (including phenoxy) is 1. The fourth-order valence-electron chi connectivity index (χ4n) is 2.64. The van der Waals surface area contributed by atoms with Gasteiger partial charge >= 0.3 is 0 Å². The van der Waals surface area contributed by atoms with Crippen LogP contribution in [-0.4, -0.2) is 22.1 Å². The molecule has 7 heteroatoms. The average Bonchev–Trinajstić information content (AvgIpc) is 2.64. The molecule has 2 aromatic carbocycles. The smallest absolute Gasteiger partial charge is 0.261 e. The summed E-state index contributed by atoms with van der Waals surface area (Å²) in [6, 6.07) is 12.5. The number of carbonyl (C=O) groups excluding carboxylic acids is 1. The second-order valence-corrected chi connectivity index (χ2v) is 6.20. The summed E-state index contributed by atoms with van der Waals surface area (Å²) < 4.78 is 7.14. The number of carbonyl (C=O) groups is 1. The number of aromatic nitrogens is 2. The number of amides is 1. The molecule has 0 aliphatic heterocycles. The first kappa shape index (κ1) is 17.9. The van der Waals surface area contributed by atoms with Gasteiger partial charge in [0.05, 0.1) is 17.5 Å². The van der Waals surface area contributed by atoms with E-state index in [1.165, 1.54) is 4.57 Å². The second-order valence-electron chi connectivity index (χ2n) is 5.82. The molecule has 0 radical (unpaired) electrons. The minimum atomic E-state index is -0.228. The molecule has 1 amide bonds. The van der Waals surface area contributed by atoms with Crippen molar-refractivity contribution in [2.75, 3.05) is 6.61 Å². The van der Waals surface area contributed by atoms with Gasteiger partial charge in [0.1, 0.15) is 5.75 Å². The van der Waals surface area contributed by atoms with Gasteiger partial charge in [-0.25, -0.2) is 0 Å². The lowest BCUT2D eigenvalue weighted by Gasteiger charge is -2.09. The van der Waals surface area contributed by atoms with Crippen molar-refractivity contribution in [3.05, 3.63) is 68.7 Å². The van der Waals surface area contributed by atoms with Crippen molar-refractivity contribution in [3.63, 3.8) is 0 Å². The highest BCUT2D eigenvalue weighted by molar-refractivity contribution is 7.71. The predicted octanol–water partition coefficient (Wildman–Crippen LogP) is 2.92. The van der Waals surface area contributed by atoms with Crippen molar-refractivity contribution in [1.82, 2.24) is 14.9 Å². The summed E-state index contributed by atoms with van der Waals surface area (Å²) in [5, 5.41) is 3.36. The van der Waals surface area contributed by atoms with Crippen LogP contribution in [0.1, 0.15) is 22.8 Å². The first-order chi connectivity index (χ1) is 12.5. The van der Waals surface area contributed by atoms with Crippen molar-refractivity contribution in [2.45, 2.75) is 13.5 Å². The van der Waals surface area contributed by atoms with Crippen molar-refractivity contribution in [1.29, 1.82) is 0 Å². The zero-order valence-corrected chi connectivity index (χ0v) is 15.4. The molecule has 134 valence electrons. The zero-order valence-electron chi connectivity index (χ0n) is 14.5. The maximum absolute atomic E-state index is 12.4. The third-order valence-electron chi connectivity index (χ3n) is 4.03. The second kappa shape index (κ2) is 7.53. The lowest BCUT2D eigenvalue weighted by atomic mass is 10.1. The number of nitrogens with zero attached hydrogens (tertiary/aromatic N) is 1. The Hall–Kier alpha value is -2.93. The Morgan fingerprint density at radius 3 is 2.85 bits per heavy atom. The third-order valence-corrected chi connectivity index (χ3v) is 4.40. The summed E-state index contributed by atoms with van der Waals surface area (Å²) >= 11 is 5.12. The number of hydrogen-bond acceptors (Lipinski definition) is 4. The Morgan fingerprint density at radius 1 is 1.27 bits per heavy atom.